The Bertz CT molecular complexity index is 936. The third-order valence-electron chi connectivity index (χ3n) is 4.68. The van der Waals surface area contributed by atoms with Gasteiger partial charge >= 0.3 is 5.97 Å². The molecule has 0 radical (unpaired) electrons. The minimum Gasteiger partial charge on any atom is -0.497 e. The number of methoxy groups -OCH3 is 1. The lowest BCUT2D eigenvalue weighted by Crippen LogP contribution is -2.30. The lowest BCUT2D eigenvalue weighted by atomic mass is 9.91. The van der Waals surface area contributed by atoms with Gasteiger partial charge in [0.2, 0.25) is 0 Å². The van der Waals surface area contributed by atoms with Gasteiger partial charge in [-0.15, -0.1) is 0 Å². The maximum absolute atomic E-state index is 12.9. The van der Waals surface area contributed by atoms with Crippen molar-refractivity contribution in [2.24, 2.45) is 5.92 Å². The van der Waals surface area contributed by atoms with Crippen molar-refractivity contribution in [3.63, 3.8) is 0 Å². The molecule has 28 heavy (non-hydrogen) atoms. The van der Waals surface area contributed by atoms with E-state index in [9.17, 15) is 4.79 Å². The van der Waals surface area contributed by atoms with Gasteiger partial charge in [0.25, 0.3) is 0 Å². The van der Waals surface area contributed by atoms with Crippen LogP contribution in [0, 0.1) is 5.92 Å². The number of fused-ring (bicyclic) bond motifs is 1. The van der Waals surface area contributed by atoms with Crippen molar-refractivity contribution in [1.82, 2.24) is 0 Å². The highest BCUT2D eigenvalue weighted by Gasteiger charge is 2.26. The maximum atomic E-state index is 12.9. The summed E-state index contributed by atoms with van der Waals surface area (Å²) in [5.74, 6) is 0.414. The molecule has 3 nitrogen and oxygen atoms in total. The van der Waals surface area contributed by atoms with Crippen LogP contribution in [0.3, 0.4) is 0 Å². The van der Waals surface area contributed by atoms with Gasteiger partial charge in [-0.05, 0) is 67.6 Å². The highest BCUT2D eigenvalue weighted by atomic mass is 16.6. The molecule has 0 fully saturated rings. The van der Waals surface area contributed by atoms with Crippen molar-refractivity contribution in [2.45, 2.75) is 39.2 Å². The van der Waals surface area contributed by atoms with Crippen LogP contribution < -0.4 is 4.74 Å². The second kappa shape index (κ2) is 8.47. The summed E-state index contributed by atoms with van der Waals surface area (Å²) < 4.78 is 10.9. The van der Waals surface area contributed by atoms with E-state index in [0.29, 0.717) is 12.8 Å². The van der Waals surface area contributed by atoms with Gasteiger partial charge in [0, 0.05) is 0 Å². The van der Waals surface area contributed by atoms with E-state index in [1.165, 1.54) is 10.8 Å². The number of hydrogen-bond donors (Lipinski definition) is 0. The number of esters is 1. The van der Waals surface area contributed by atoms with Gasteiger partial charge in [-0.1, -0.05) is 54.6 Å². The average molecular weight is 376 g/mol. The molecular weight excluding hydrogens is 348 g/mol. The molecule has 3 rings (SSSR count). The van der Waals surface area contributed by atoms with Crippen LogP contribution in [-0.2, 0) is 22.4 Å². The molecule has 0 amide bonds. The highest BCUT2D eigenvalue weighted by molar-refractivity contribution is 5.83. The Balaban J connectivity index is 1.84. The molecule has 1 atom stereocenters. The number of rotatable bonds is 6. The van der Waals surface area contributed by atoms with Crippen molar-refractivity contribution in [1.29, 1.82) is 0 Å². The molecular formula is C25H28O3. The summed E-state index contributed by atoms with van der Waals surface area (Å²) in [6, 6.07) is 22.5. The zero-order valence-electron chi connectivity index (χ0n) is 17.1. The first-order valence-corrected chi connectivity index (χ1v) is 9.67. The zero-order chi connectivity index (χ0) is 20.1. The van der Waals surface area contributed by atoms with Crippen molar-refractivity contribution in [2.75, 3.05) is 7.11 Å². The summed E-state index contributed by atoms with van der Waals surface area (Å²) >= 11 is 0. The first kappa shape index (κ1) is 19.9. The van der Waals surface area contributed by atoms with E-state index in [0.717, 1.165) is 16.9 Å². The molecule has 0 heterocycles. The average Bonchev–Trinajstić information content (AvgIpc) is 2.66. The first-order valence-electron chi connectivity index (χ1n) is 9.67. The van der Waals surface area contributed by atoms with E-state index in [4.69, 9.17) is 9.47 Å². The van der Waals surface area contributed by atoms with Crippen LogP contribution in [0.15, 0.2) is 66.7 Å². The maximum Gasteiger partial charge on any atom is 0.310 e. The van der Waals surface area contributed by atoms with Crippen molar-refractivity contribution in [3.05, 3.63) is 77.9 Å². The fourth-order valence-electron chi connectivity index (χ4n) is 3.32. The molecule has 146 valence electrons. The number of hydrogen-bond acceptors (Lipinski definition) is 3. The Morgan fingerprint density at radius 3 is 2.11 bits per heavy atom. The summed E-state index contributed by atoms with van der Waals surface area (Å²) in [7, 11) is 1.65. The highest BCUT2D eigenvalue weighted by Crippen LogP contribution is 2.23. The van der Waals surface area contributed by atoms with Crippen LogP contribution in [-0.4, -0.2) is 18.7 Å². The lowest BCUT2D eigenvalue weighted by Gasteiger charge is -2.24. The van der Waals surface area contributed by atoms with E-state index in [2.05, 4.69) is 30.3 Å². The van der Waals surface area contributed by atoms with Crippen LogP contribution in [0.25, 0.3) is 10.8 Å². The number of carbonyl (C=O) groups is 1. The molecule has 0 aliphatic carbocycles. The van der Waals surface area contributed by atoms with E-state index in [1.807, 2.05) is 57.2 Å². The van der Waals surface area contributed by atoms with E-state index < -0.39 is 5.60 Å². The second-order valence-corrected chi connectivity index (χ2v) is 8.17. The van der Waals surface area contributed by atoms with E-state index >= 15 is 0 Å². The number of benzene rings is 3. The van der Waals surface area contributed by atoms with Gasteiger partial charge in [-0.2, -0.15) is 0 Å². The Hall–Kier alpha value is -2.81. The number of carbonyl (C=O) groups excluding carboxylic acids is 1. The smallest absolute Gasteiger partial charge is 0.310 e. The molecule has 3 aromatic rings. The summed E-state index contributed by atoms with van der Waals surface area (Å²) in [6.07, 6.45) is 1.28. The monoisotopic (exact) mass is 376 g/mol. The molecule has 0 unspecified atom stereocenters. The van der Waals surface area contributed by atoms with Crippen LogP contribution in [0.5, 0.6) is 5.75 Å². The second-order valence-electron chi connectivity index (χ2n) is 8.17. The molecule has 0 aliphatic rings. The molecule has 0 aliphatic heterocycles. The Labute approximate surface area is 167 Å². The summed E-state index contributed by atoms with van der Waals surface area (Å²) in [6.45, 7) is 5.72. The fourth-order valence-corrected chi connectivity index (χ4v) is 3.32. The van der Waals surface area contributed by atoms with Gasteiger partial charge in [-0.25, -0.2) is 0 Å². The summed E-state index contributed by atoms with van der Waals surface area (Å²) in [5.41, 5.74) is 1.74. The molecule has 0 bridgehead atoms. The normalized spacial score (nSPS) is 12.6. The minimum atomic E-state index is -0.501. The Morgan fingerprint density at radius 2 is 1.46 bits per heavy atom. The SMILES string of the molecule is COc1ccc(C[C@H](Cc2ccc3ccccc3c2)C(=O)OC(C)(C)C)cc1. The Kier molecular flexibility index (Phi) is 6.03. The summed E-state index contributed by atoms with van der Waals surface area (Å²) in [5, 5.41) is 2.39. The molecule has 0 saturated carbocycles. The van der Waals surface area contributed by atoms with Gasteiger partial charge < -0.3 is 9.47 Å². The molecule has 0 saturated heterocycles. The molecule has 3 heteroatoms. The zero-order valence-corrected chi connectivity index (χ0v) is 17.1. The van der Waals surface area contributed by atoms with Crippen molar-refractivity contribution >= 4 is 16.7 Å². The minimum absolute atomic E-state index is 0.156. The van der Waals surface area contributed by atoms with Crippen molar-refractivity contribution < 1.29 is 14.3 Å². The van der Waals surface area contributed by atoms with Crippen molar-refractivity contribution in [3.8, 4) is 5.75 Å². The molecule has 0 spiro atoms. The quantitative estimate of drug-likeness (QED) is 0.526. The van der Waals surface area contributed by atoms with Gasteiger partial charge in [0.05, 0.1) is 13.0 Å². The van der Waals surface area contributed by atoms with Crippen LogP contribution in [0.4, 0.5) is 0 Å². The van der Waals surface area contributed by atoms with Gasteiger partial charge in [0.15, 0.2) is 0 Å². The van der Waals surface area contributed by atoms with E-state index in [-0.39, 0.29) is 11.9 Å². The topological polar surface area (TPSA) is 35.5 Å². The molecule has 0 N–H and O–H groups in total. The standard InChI is InChI=1S/C25H28O3/c1-25(2,3)28-24(26)22(15-18-10-13-23(27-4)14-11-18)17-19-9-12-20-7-5-6-8-21(20)16-19/h5-14,16,22H,15,17H2,1-4H3/t22-/m1/s1. The third-order valence-corrected chi connectivity index (χ3v) is 4.68. The third kappa shape index (κ3) is 5.35. The fraction of sp³-hybridized carbons (Fsp3) is 0.320. The van der Waals surface area contributed by atoms with Crippen LogP contribution in [0.1, 0.15) is 31.9 Å². The molecule has 0 aromatic heterocycles. The lowest BCUT2D eigenvalue weighted by molar-refractivity contribution is -0.159. The van der Waals surface area contributed by atoms with Crippen LogP contribution >= 0.6 is 0 Å². The number of ether oxygens (including phenoxy) is 2. The largest absolute Gasteiger partial charge is 0.497 e. The van der Waals surface area contributed by atoms with E-state index in [1.54, 1.807) is 7.11 Å². The predicted octanol–water partition coefficient (Wildman–Crippen LogP) is 5.59. The predicted molar refractivity (Wildman–Crippen MR) is 114 cm³/mol. The Morgan fingerprint density at radius 1 is 0.857 bits per heavy atom. The molecule has 3 aromatic carbocycles. The van der Waals surface area contributed by atoms with Crippen LogP contribution in [0.2, 0.25) is 0 Å². The summed E-state index contributed by atoms with van der Waals surface area (Å²) in [4.78, 5) is 12.9. The first-order chi connectivity index (χ1) is 13.3. The van der Waals surface area contributed by atoms with Gasteiger partial charge in [0.1, 0.15) is 11.4 Å². The van der Waals surface area contributed by atoms with Gasteiger partial charge in [-0.3, -0.25) is 4.79 Å².